The third-order valence-electron chi connectivity index (χ3n) is 5.69. The Bertz CT molecular complexity index is 1050. The Morgan fingerprint density at radius 3 is 2.69 bits per heavy atom. The molecule has 0 saturated carbocycles. The van der Waals surface area contributed by atoms with Crippen LogP contribution in [0.1, 0.15) is 38.7 Å². The summed E-state index contributed by atoms with van der Waals surface area (Å²) in [6.45, 7) is 3.86. The van der Waals surface area contributed by atoms with Gasteiger partial charge >= 0.3 is 19.1 Å². The summed E-state index contributed by atoms with van der Waals surface area (Å²) in [6.07, 6.45) is -0.951. The molecule has 11 nitrogen and oxygen atoms in total. The summed E-state index contributed by atoms with van der Waals surface area (Å²) in [6, 6.07) is 5.20. The minimum absolute atomic E-state index is 0.0848. The summed E-state index contributed by atoms with van der Waals surface area (Å²) in [5.74, 6) is -4.30. The first-order valence-electron chi connectivity index (χ1n) is 11.2. The molecule has 2 aliphatic rings. The lowest BCUT2D eigenvalue weighted by Gasteiger charge is -2.41. The smallest absolute Gasteiger partial charge is 0.506 e. The van der Waals surface area contributed by atoms with Crippen molar-refractivity contribution in [3.8, 4) is 6.07 Å². The van der Waals surface area contributed by atoms with E-state index in [1.165, 1.54) is 12.1 Å². The Balaban J connectivity index is 1.55. The zero-order valence-electron chi connectivity index (χ0n) is 19.3. The number of nitrogens with zero attached hydrogens (tertiary/aromatic N) is 2. The van der Waals surface area contributed by atoms with E-state index in [2.05, 4.69) is 10.6 Å². The first-order chi connectivity index (χ1) is 16.6. The average molecular weight is 488 g/mol. The molecule has 2 amide bonds. The predicted molar refractivity (Wildman–Crippen MR) is 120 cm³/mol. The SMILES string of the molecule is CC(C)C[C@H](NC(=O)CNC(=O)[C@@H]1CCN1c1ccc(C#N)cc1F)B1OC(=O)C(CC(=O)O)O1. The number of hydrogen-bond acceptors (Lipinski definition) is 8. The van der Waals surface area contributed by atoms with Crippen LogP contribution in [0.3, 0.4) is 0 Å². The number of anilines is 1. The zero-order chi connectivity index (χ0) is 25.7. The molecule has 3 rings (SSSR count). The summed E-state index contributed by atoms with van der Waals surface area (Å²) in [4.78, 5) is 49.5. The van der Waals surface area contributed by atoms with Crippen LogP contribution >= 0.6 is 0 Å². The number of carbonyl (C=O) groups excluding carboxylic acids is 3. The van der Waals surface area contributed by atoms with E-state index in [9.17, 15) is 23.6 Å². The summed E-state index contributed by atoms with van der Waals surface area (Å²) >= 11 is 0. The second-order valence-electron chi connectivity index (χ2n) is 8.83. The number of nitrogens with one attached hydrogen (secondary N) is 2. The number of halogens is 1. The molecule has 0 spiro atoms. The molecule has 2 aliphatic heterocycles. The number of benzene rings is 1. The highest BCUT2D eigenvalue weighted by molar-refractivity contribution is 6.51. The van der Waals surface area contributed by atoms with Crippen LogP contribution in [0.5, 0.6) is 0 Å². The zero-order valence-corrected chi connectivity index (χ0v) is 19.3. The third kappa shape index (κ3) is 6.48. The van der Waals surface area contributed by atoms with Gasteiger partial charge in [-0.05, 0) is 37.0 Å². The van der Waals surface area contributed by atoms with Gasteiger partial charge in [-0.1, -0.05) is 13.8 Å². The van der Waals surface area contributed by atoms with E-state index in [-0.39, 0.29) is 23.7 Å². The third-order valence-corrected chi connectivity index (χ3v) is 5.69. The van der Waals surface area contributed by atoms with Crippen LogP contribution in [0.4, 0.5) is 10.1 Å². The van der Waals surface area contributed by atoms with E-state index >= 15 is 0 Å². The molecule has 1 aromatic carbocycles. The van der Waals surface area contributed by atoms with Crippen molar-refractivity contribution in [1.82, 2.24) is 10.6 Å². The average Bonchev–Trinajstić information content (AvgIpc) is 3.11. The van der Waals surface area contributed by atoms with Crippen molar-refractivity contribution in [1.29, 1.82) is 5.26 Å². The summed E-state index contributed by atoms with van der Waals surface area (Å²) in [5.41, 5.74) is 0.375. The lowest BCUT2D eigenvalue weighted by atomic mass is 9.74. The highest BCUT2D eigenvalue weighted by Gasteiger charge is 2.46. The number of nitriles is 1. The van der Waals surface area contributed by atoms with Crippen molar-refractivity contribution in [2.75, 3.05) is 18.0 Å². The molecular weight excluding hydrogens is 462 g/mol. The van der Waals surface area contributed by atoms with E-state index in [1.54, 1.807) is 4.90 Å². The second-order valence-corrected chi connectivity index (χ2v) is 8.83. The molecule has 2 heterocycles. The maximum Gasteiger partial charge on any atom is 0.552 e. The molecule has 13 heteroatoms. The molecule has 0 radical (unpaired) electrons. The Hall–Kier alpha value is -3.66. The van der Waals surface area contributed by atoms with E-state index < -0.39 is 61.2 Å². The van der Waals surface area contributed by atoms with Gasteiger partial charge in [0.1, 0.15) is 11.9 Å². The van der Waals surface area contributed by atoms with Crippen LogP contribution < -0.4 is 15.5 Å². The van der Waals surface area contributed by atoms with E-state index in [0.29, 0.717) is 19.4 Å². The van der Waals surface area contributed by atoms with Crippen LogP contribution in [0.25, 0.3) is 0 Å². The molecule has 186 valence electrons. The van der Waals surface area contributed by atoms with Crippen molar-refractivity contribution in [2.24, 2.45) is 5.92 Å². The van der Waals surface area contributed by atoms with E-state index in [1.807, 2.05) is 19.9 Å². The maximum absolute atomic E-state index is 14.3. The molecule has 3 atom stereocenters. The largest absolute Gasteiger partial charge is 0.552 e. The minimum atomic E-state index is -1.25. The molecule has 3 N–H and O–H groups in total. The van der Waals surface area contributed by atoms with Gasteiger partial charge in [-0.3, -0.25) is 19.2 Å². The van der Waals surface area contributed by atoms with Crippen LogP contribution in [-0.2, 0) is 28.5 Å². The highest BCUT2D eigenvalue weighted by Crippen LogP contribution is 2.29. The topological polar surface area (TPSA) is 158 Å². The normalized spacial score (nSPS) is 20.0. The second kappa shape index (κ2) is 11.2. The van der Waals surface area contributed by atoms with Gasteiger partial charge in [0.25, 0.3) is 0 Å². The van der Waals surface area contributed by atoms with Crippen molar-refractivity contribution < 1.29 is 38.0 Å². The quantitative estimate of drug-likeness (QED) is 0.396. The number of amides is 2. The van der Waals surface area contributed by atoms with Crippen LogP contribution in [0.15, 0.2) is 18.2 Å². The van der Waals surface area contributed by atoms with Gasteiger partial charge in [0, 0.05) is 6.54 Å². The van der Waals surface area contributed by atoms with E-state index in [0.717, 1.165) is 6.07 Å². The molecule has 1 aromatic rings. The molecule has 0 aromatic heterocycles. The monoisotopic (exact) mass is 488 g/mol. The molecule has 35 heavy (non-hydrogen) atoms. The predicted octanol–water partition coefficient (Wildman–Crippen LogP) is 0.367. The molecular formula is C22H26BFN4O7. The fourth-order valence-corrected chi connectivity index (χ4v) is 3.95. The Kier molecular flexibility index (Phi) is 8.29. The number of rotatable bonds is 10. The Labute approximate surface area is 201 Å². The summed E-state index contributed by atoms with van der Waals surface area (Å²) < 4.78 is 24.9. The first-order valence-corrected chi connectivity index (χ1v) is 11.2. The molecule has 0 bridgehead atoms. The molecule has 2 saturated heterocycles. The number of aliphatic carboxylic acids is 1. The van der Waals surface area contributed by atoms with Crippen LogP contribution in [0.2, 0.25) is 0 Å². The van der Waals surface area contributed by atoms with Gasteiger partial charge < -0.3 is 29.9 Å². The van der Waals surface area contributed by atoms with Crippen molar-refractivity contribution in [3.63, 3.8) is 0 Å². The lowest BCUT2D eigenvalue weighted by molar-refractivity contribution is -0.145. The van der Waals surface area contributed by atoms with Gasteiger partial charge in [0.15, 0.2) is 6.10 Å². The lowest BCUT2D eigenvalue weighted by Crippen LogP contribution is -2.58. The van der Waals surface area contributed by atoms with Gasteiger partial charge in [-0.25, -0.2) is 4.39 Å². The fraction of sp³-hybridized carbons (Fsp3) is 0.500. The van der Waals surface area contributed by atoms with Crippen molar-refractivity contribution >= 4 is 36.6 Å². The minimum Gasteiger partial charge on any atom is -0.506 e. The first kappa shape index (κ1) is 26.0. The van der Waals surface area contributed by atoms with Crippen molar-refractivity contribution in [3.05, 3.63) is 29.6 Å². The maximum atomic E-state index is 14.3. The van der Waals surface area contributed by atoms with Gasteiger partial charge in [-0.2, -0.15) is 5.26 Å². The number of carboxylic acid groups (broad SMARTS) is 1. The van der Waals surface area contributed by atoms with Crippen LogP contribution in [-0.4, -0.2) is 67.2 Å². The van der Waals surface area contributed by atoms with Crippen molar-refractivity contribution in [2.45, 2.75) is 51.2 Å². The molecule has 0 aliphatic carbocycles. The fourth-order valence-electron chi connectivity index (χ4n) is 3.95. The molecule has 1 unspecified atom stereocenters. The van der Waals surface area contributed by atoms with Crippen LogP contribution in [0, 0.1) is 23.1 Å². The number of hydrogen-bond donors (Lipinski definition) is 3. The summed E-state index contributed by atoms with van der Waals surface area (Å²) in [5, 5.41) is 23.0. The van der Waals surface area contributed by atoms with Gasteiger partial charge in [0.05, 0.1) is 36.2 Å². The Morgan fingerprint density at radius 2 is 2.11 bits per heavy atom. The summed E-state index contributed by atoms with van der Waals surface area (Å²) in [7, 11) is -1.14. The Morgan fingerprint density at radius 1 is 1.37 bits per heavy atom. The van der Waals surface area contributed by atoms with Gasteiger partial charge in [-0.15, -0.1) is 0 Å². The van der Waals surface area contributed by atoms with E-state index in [4.69, 9.17) is 19.7 Å². The molecule has 2 fully saturated rings. The van der Waals surface area contributed by atoms with Gasteiger partial charge in [0.2, 0.25) is 11.8 Å². The number of carbonyl (C=O) groups is 4. The highest BCUT2D eigenvalue weighted by atomic mass is 19.1. The number of carboxylic acids is 1. The standard InChI is InChI=1S/C22H26BFN4O7/c1-12(2)7-18(23-34-17(9-20(30)31)22(33)35-23)27-19(29)11-26-21(32)16-5-6-28(16)15-4-3-13(10-25)8-14(15)24/h3-4,8,12,16-18H,5-7,9,11H2,1-2H3,(H,26,32)(H,27,29)(H,30,31)/t16-,17?,18-/m0/s1.